The second-order valence-corrected chi connectivity index (χ2v) is 6.39. The molecule has 0 unspecified atom stereocenters. The summed E-state index contributed by atoms with van der Waals surface area (Å²) < 4.78 is 0. The largest absolute Gasteiger partial charge is 0.356 e. The summed E-state index contributed by atoms with van der Waals surface area (Å²) in [6, 6.07) is 0. The standard InChI is InChI=1S/C15H33N5S.HI/c1-4-19-10-12-20(13-11-19)9-8-18-15(16-2)17-7-5-6-14-21-3;/h4-14H2,1-3H3,(H2,16,17,18);1H. The lowest BCUT2D eigenvalue weighted by Crippen LogP contribution is -2.49. The van der Waals surface area contributed by atoms with Crippen molar-refractivity contribution in [1.82, 2.24) is 20.4 Å². The smallest absolute Gasteiger partial charge is 0.191 e. The summed E-state index contributed by atoms with van der Waals surface area (Å²) in [6.45, 7) is 11.3. The van der Waals surface area contributed by atoms with Gasteiger partial charge in [-0.1, -0.05) is 6.92 Å². The van der Waals surface area contributed by atoms with Gasteiger partial charge in [-0.05, 0) is 31.4 Å². The predicted molar refractivity (Wildman–Crippen MR) is 111 cm³/mol. The molecule has 1 heterocycles. The van der Waals surface area contributed by atoms with E-state index in [2.05, 4.69) is 38.6 Å². The summed E-state index contributed by atoms with van der Waals surface area (Å²) in [7, 11) is 1.84. The summed E-state index contributed by atoms with van der Waals surface area (Å²) in [5.41, 5.74) is 0. The first-order chi connectivity index (χ1) is 10.3. The minimum absolute atomic E-state index is 0. The van der Waals surface area contributed by atoms with Crippen LogP contribution in [0.2, 0.25) is 0 Å². The SMILES string of the molecule is CCN1CCN(CCNC(=NC)NCCCCSC)CC1.I. The Morgan fingerprint density at radius 1 is 1.05 bits per heavy atom. The molecule has 0 aromatic rings. The van der Waals surface area contributed by atoms with E-state index in [-0.39, 0.29) is 24.0 Å². The molecule has 7 heteroatoms. The fourth-order valence-corrected chi connectivity index (χ4v) is 2.95. The van der Waals surface area contributed by atoms with Crippen LogP contribution in [-0.4, -0.2) is 87.2 Å². The van der Waals surface area contributed by atoms with Gasteiger partial charge in [-0.2, -0.15) is 11.8 Å². The fourth-order valence-electron chi connectivity index (χ4n) is 2.46. The number of hydrogen-bond donors (Lipinski definition) is 2. The Morgan fingerprint density at radius 2 is 1.68 bits per heavy atom. The molecule has 0 spiro atoms. The van der Waals surface area contributed by atoms with E-state index in [1.54, 1.807) is 0 Å². The van der Waals surface area contributed by atoms with Gasteiger partial charge in [0, 0.05) is 52.9 Å². The lowest BCUT2D eigenvalue weighted by molar-refractivity contribution is 0.139. The fraction of sp³-hybridized carbons (Fsp3) is 0.933. The van der Waals surface area contributed by atoms with E-state index in [0.717, 1.165) is 25.6 Å². The van der Waals surface area contributed by atoms with Crippen LogP contribution in [0.25, 0.3) is 0 Å². The first-order valence-corrected chi connectivity index (χ1v) is 9.57. The number of guanidine groups is 1. The maximum atomic E-state index is 4.28. The zero-order valence-electron chi connectivity index (χ0n) is 14.4. The van der Waals surface area contributed by atoms with Crippen LogP contribution in [0.5, 0.6) is 0 Å². The van der Waals surface area contributed by atoms with Gasteiger partial charge in [0.1, 0.15) is 0 Å². The van der Waals surface area contributed by atoms with Crippen LogP contribution >= 0.6 is 35.7 Å². The summed E-state index contributed by atoms with van der Waals surface area (Å²) in [4.78, 5) is 9.32. The Hall–Kier alpha value is 0.270. The molecule has 22 heavy (non-hydrogen) atoms. The van der Waals surface area contributed by atoms with Gasteiger partial charge in [0.05, 0.1) is 0 Å². The van der Waals surface area contributed by atoms with Crippen LogP contribution in [0, 0.1) is 0 Å². The van der Waals surface area contributed by atoms with Gasteiger partial charge in [0.15, 0.2) is 5.96 Å². The van der Waals surface area contributed by atoms with E-state index in [1.165, 1.54) is 51.3 Å². The molecule has 0 aromatic heterocycles. The van der Waals surface area contributed by atoms with Crippen LogP contribution in [-0.2, 0) is 0 Å². The Morgan fingerprint density at radius 3 is 2.27 bits per heavy atom. The van der Waals surface area contributed by atoms with E-state index >= 15 is 0 Å². The molecule has 2 N–H and O–H groups in total. The number of nitrogens with one attached hydrogen (secondary N) is 2. The van der Waals surface area contributed by atoms with Crippen molar-refractivity contribution in [3.8, 4) is 0 Å². The zero-order valence-corrected chi connectivity index (χ0v) is 17.6. The topological polar surface area (TPSA) is 42.9 Å². The number of thioether (sulfide) groups is 1. The van der Waals surface area contributed by atoms with Crippen molar-refractivity contribution >= 4 is 41.7 Å². The van der Waals surface area contributed by atoms with Gasteiger partial charge in [0.25, 0.3) is 0 Å². The molecule has 1 aliphatic heterocycles. The van der Waals surface area contributed by atoms with Crippen LogP contribution < -0.4 is 10.6 Å². The number of rotatable bonds is 9. The van der Waals surface area contributed by atoms with Gasteiger partial charge in [-0.3, -0.25) is 9.89 Å². The van der Waals surface area contributed by atoms with Crippen molar-refractivity contribution < 1.29 is 0 Å². The summed E-state index contributed by atoms with van der Waals surface area (Å²) in [5, 5.41) is 6.80. The molecule has 0 aromatic carbocycles. The van der Waals surface area contributed by atoms with Crippen LogP contribution in [0.4, 0.5) is 0 Å². The molecule has 0 saturated carbocycles. The molecule has 0 bridgehead atoms. The van der Waals surface area contributed by atoms with E-state index < -0.39 is 0 Å². The summed E-state index contributed by atoms with van der Waals surface area (Å²) in [5.74, 6) is 2.18. The molecular formula is C15H34IN5S. The lowest BCUT2D eigenvalue weighted by Gasteiger charge is -2.34. The molecule has 0 atom stereocenters. The van der Waals surface area contributed by atoms with E-state index in [0.29, 0.717) is 0 Å². The monoisotopic (exact) mass is 443 g/mol. The van der Waals surface area contributed by atoms with Crippen molar-refractivity contribution in [2.75, 3.05) is 71.4 Å². The van der Waals surface area contributed by atoms with Crippen LogP contribution in [0.1, 0.15) is 19.8 Å². The highest BCUT2D eigenvalue weighted by atomic mass is 127. The maximum Gasteiger partial charge on any atom is 0.191 e. The minimum atomic E-state index is 0. The van der Waals surface area contributed by atoms with Gasteiger partial charge in [-0.15, -0.1) is 24.0 Å². The summed E-state index contributed by atoms with van der Waals surface area (Å²) in [6.07, 6.45) is 4.64. The molecule has 1 rings (SSSR count). The van der Waals surface area contributed by atoms with Crippen molar-refractivity contribution in [3.05, 3.63) is 0 Å². The van der Waals surface area contributed by atoms with E-state index in [1.807, 2.05) is 18.8 Å². The third-order valence-electron chi connectivity index (χ3n) is 3.92. The molecule has 5 nitrogen and oxygen atoms in total. The summed E-state index contributed by atoms with van der Waals surface area (Å²) >= 11 is 1.92. The van der Waals surface area contributed by atoms with Gasteiger partial charge in [0.2, 0.25) is 0 Å². The molecule has 1 fully saturated rings. The number of piperazine rings is 1. The third kappa shape index (κ3) is 10.1. The second kappa shape index (κ2) is 14.8. The molecular weight excluding hydrogens is 409 g/mol. The molecule has 1 saturated heterocycles. The Bertz CT molecular complexity index is 283. The Labute approximate surface area is 158 Å². The number of hydrogen-bond acceptors (Lipinski definition) is 4. The van der Waals surface area contributed by atoms with Crippen LogP contribution in [0.3, 0.4) is 0 Å². The third-order valence-corrected chi connectivity index (χ3v) is 4.62. The van der Waals surface area contributed by atoms with Crippen molar-refractivity contribution in [2.45, 2.75) is 19.8 Å². The highest BCUT2D eigenvalue weighted by Gasteiger charge is 2.14. The van der Waals surface area contributed by atoms with Crippen molar-refractivity contribution in [1.29, 1.82) is 0 Å². The normalized spacial score (nSPS) is 17.1. The number of nitrogens with zero attached hydrogens (tertiary/aromatic N) is 3. The second-order valence-electron chi connectivity index (χ2n) is 5.40. The van der Waals surface area contributed by atoms with Crippen molar-refractivity contribution in [2.24, 2.45) is 4.99 Å². The van der Waals surface area contributed by atoms with Gasteiger partial charge >= 0.3 is 0 Å². The molecule has 1 aliphatic rings. The quantitative estimate of drug-likeness (QED) is 0.245. The average molecular weight is 443 g/mol. The van der Waals surface area contributed by atoms with E-state index in [4.69, 9.17) is 0 Å². The van der Waals surface area contributed by atoms with Crippen LogP contribution in [0.15, 0.2) is 4.99 Å². The molecule has 0 radical (unpaired) electrons. The Balaban J connectivity index is 0.00000441. The van der Waals surface area contributed by atoms with E-state index in [9.17, 15) is 0 Å². The molecule has 132 valence electrons. The predicted octanol–water partition coefficient (Wildman–Crippen LogP) is 1.55. The van der Waals surface area contributed by atoms with Crippen molar-refractivity contribution in [3.63, 3.8) is 0 Å². The Kier molecular flexibility index (Phi) is 15.0. The molecule has 0 amide bonds. The lowest BCUT2D eigenvalue weighted by atomic mass is 10.3. The van der Waals surface area contributed by atoms with Gasteiger partial charge in [-0.25, -0.2) is 0 Å². The number of unbranched alkanes of at least 4 members (excludes halogenated alkanes) is 1. The number of halogens is 1. The number of likely N-dealkylation sites (N-methyl/N-ethyl adjacent to an activating group) is 1. The number of aliphatic imine (C=N–C) groups is 1. The first-order valence-electron chi connectivity index (χ1n) is 8.18. The first kappa shape index (κ1) is 22.3. The van der Waals surface area contributed by atoms with Gasteiger partial charge < -0.3 is 15.5 Å². The highest BCUT2D eigenvalue weighted by Crippen LogP contribution is 2.00. The molecule has 0 aliphatic carbocycles. The average Bonchev–Trinajstić information content (AvgIpc) is 2.53. The minimum Gasteiger partial charge on any atom is -0.356 e. The maximum absolute atomic E-state index is 4.28. The zero-order chi connectivity index (χ0) is 15.3. The highest BCUT2D eigenvalue weighted by molar-refractivity contribution is 14.0.